The van der Waals surface area contributed by atoms with Gasteiger partial charge in [-0.2, -0.15) is 5.10 Å². The first-order valence-corrected chi connectivity index (χ1v) is 9.21. The van der Waals surface area contributed by atoms with Crippen molar-refractivity contribution in [1.29, 1.82) is 0 Å². The molecule has 1 aromatic heterocycles. The van der Waals surface area contributed by atoms with Crippen molar-refractivity contribution < 1.29 is 9.84 Å². The van der Waals surface area contributed by atoms with E-state index in [1.807, 2.05) is 30.1 Å². The van der Waals surface area contributed by atoms with Crippen LogP contribution >= 0.6 is 0 Å². The van der Waals surface area contributed by atoms with Gasteiger partial charge in [-0.15, -0.1) is 0 Å². The molecule has 0 unspecified atom stereocenters. The predicted molar refractivity (Wildman–Crippen MR) is 96.8 cm³/mol. The molecule has 1 N–H and O–H groups in total. The summed E-state index contributed by atoms with van der Waals surface area (Å²) in [6.07, 6.45) is 5.20. The molecular formula is C20H27N3O2. The highest BCUT2D eigenvalue weighted by Crippen LogP contribution is 2.42. The standard InChI is InChI=1S/C20H27N3O2/c1-22-20(14-6-7-14)16(11-21-22)12-23-9-8-18(19(24)13-23)15-4-3-5-17(10-15)25-2/h3-5,10-11,14,18-19,24H,6-9,12-13H2,1-2H3/t18-,19+/m1/s1. The first kappa shape index (κ1) is 16.6. The number of β-amino-alcohol motifs (C(OH)–C–C–N with tert-alkyl or cyclic N) is 1. The SMILES string of the molecule is COc1cccc([C@H]2CCN(Cc3cnn(C)c3C3CC3)C[C@@H]2O)c1. The van der Waals surface area contributed by atoms with Crippen LogP contribution in [-0.2, 0) is 13.6 Å². The van der Waals surface area contributed by atoms with Crippen molar-refractivity contribution in [2.45, 2.75) is 43.7 Å². The van der Waals surface area contributed by atoms with Crippen LogP contribution < -0.4 is 4.74 Å². The molecule has 25 heavy (non-hydrogen) atoms. The maximum absolute atomic E-state index is 10.7. The zero-order valence-corrected chi connectivity index (χ0v) is 15.1. The van der Waals surface area contributed by atoms with Gasteiger partial charge >= 0.3 is 0 Å². The molecule has 2 aromatic rings. The molecule has 1 aliphatic carbocycles. The fourth-order valence-electron chi connectivity index (χ4n) is 4.14. The van der Waals surface area contributed by atoms with Gasteiger partial charge < -0.3 is 9.84 Å². The van der Waals surface area contributed by atoms with Gasteiger partial charge in [0.2, 0.25) is 0 Å². The topological polar surface area (TPSA) is 50.5 Å². The number of methoxy groups -OCH3 is 1. The van der Waals surface area contributed by atoms with E-state index in [9.17, 15) is 5.11 Å². The first-order chi connectivity index (χ1) is 12.2. The van der Waals surface area contributed by atoms with Gasteiger partial charge in [-0.3, -0.25) is 9.58 Å². The Kier molecular flexibility index (Phi) is 4.52. The van der Waals surface area contributed by atoms with E-state index in [0.717, 1.165) is 25.3 Å². The summed E-state index contributed by atoms with van der Waals surface area (Å²) in [5.74, 6) is 1.74. The first-order valence-electron chi connectivity index (χ1n) is 9.21. The summed E-state index contributed by atoms with van der Waals surface area (Å²) < 4.78 is 7.36. The molecule has 134 valence electrons. The number of ether oxygens (including phenoxy) is 1. The molecule has 2 fully saturated rings. The molecule has 0 spiro atoms. The lowest BCUT2D eigenvalue weighted by atomic mass is 9.87. The van der Waals surface area contributed by atoms with E-state index < -0.39 is 0 Å². The van der Waals surface area contributed by atoms with Gasteiger partial charge in [-0.25, -0.2) is 0 Å². The van der Waals surface area contributed by atoms with E-state index in [4.69, 9.17) is 4.74 Å². The predicted octanol–water partition coefficient (Wildman–Crippen LogP) is 2.66. The Labute approximate surface area is 149 Å². The quantitative estimate of drug-likeness (QED) is 0.908. The number of hydrogen-bond acceptors (Lipinski definition) is 4. The van der Waals surface area contributed by atoms with Crippen molar-refractivity contribution in [3.63, 3.8) is 0 Å². The average molecular weight is 341 g/mol. The van der Waals surface area contributed by atoms with Crippen LogP contribution in [0.1, 0.15) is 47.9 Å². The number of aliphatic hydroxyl groups is 1. The molecule has 5 heteroatoms. The fraction of sp³-hybridized carbons (Fsp3) is 0.550. The molecular weight excluding hydrogens is 314 g/mol. The zero-order chi connectivity index (χ0) is 17.4. The highest BCUT2D eigenvalue weighted by molar-refractivity contribution is 5.32. The summed E-state index contributed by atoms with van der Waals surface area (Å²) in [6.45, 7) is 2.60. The van der Waals surface area contributed by atoms with E-state index in [1.54, 1.807) is 7.11 Å². The van der Waals surface area contributed by atoms with Crippen LogP contribution in [0.4, 0.5) is 0 Å². The number of likely N-dealkylation sites (tertiary alicyclic amines) is 1. The lowest BCUT2D eigenvalue weighted by Crippen LogP contribution is -2.42. The third kappa shape index (κ3) is 3.44. The Balaban J connectivity index is 1.43. The minimum absolute atomic E-state index is 0.183. The van der Waals surface area contributed by atoms with E-state index in [2.05, 4.69) is 22.1 Å². The second-order valence-electron chi connectivity index (χ2n) is 7.43. The van der Waals surface area contributed by atoms with Crippen LogP contribution in [0, 0.1) is 0 Å². The third-order valence-electron chi connectivity index (χ3n) is 5.61. The van der Waals surface area contributed by atoms with E-state index in [-0.39, 0.29) is 12.0 Å². The number of aromatic nitrogens is 2. The van der Waals surface area contributed by atoms with Gasteiger partial charge in [-0.1, -0.05) is 12.1 Å². The number of benzene rings is 1. The highest BCUT2D eigenvalue weighted by Gasteiger charge is 2.32. The van der Waals surface area contributed by atoms with Crippen LogP contribution in [-0.4, -0.2) is 46.1 Å². The molecule has 2 aliphatic rings. The van der Waals surface area contributed by atoms with Gasteiger partial charge in [0.1, 0.15) is 5.75 Å². The van der Waals surface area contributed by atoms with Crippen LogP contribution in [0.3, 0.4) is 0 Å². The van der Waals surface area contributed by atoms with E-state index in [0.29, 0.717) is 12.5 Å². The Bertz CT molecular complexity index is 738. The van der Waals surface area contributed by atoms with Crippen molar-refractivity contribution >= 4 is 0 Å². The smallest absolute Gasteiger partial charge is 0.119 e. The number of aliphatic hydroxyl groups excluding tert-OH is 1. The summed E-state index contributed by atoms with van der Waals surface area (Å²) in [5, 5.41) is 15.2. The van der Waals surface area contributed by atoms with Crippen LogP contribution in [0.5, 0.6) is 5.75 Å². The minimum atomic E-state index is -0.345. The molecule has 2 heterocycles. The highest BCUT2D eigenvalue weighted by atomic mass is 16.5. The number of piperidine rings is 1. The Morgan fingerprint density at radius 2 is 2.12 bits per heavy atom. The maximum atomic E-state index is 10.7. The minimum Gasteiger partial charge on any atom is -0.497 e. The summed E-state index contributed by atoms with van der Waals surface area (Å²) in [6, 6.07) is 8.10. The largest absolute Gasteiger partial charge is 0.497 e. The normalized spacial score (nSPS) is 24.4. The average Bonchev–Trinajstić information content (AvgIpc) is 3.39. The summed E-state index contributed by atoms with van der Waals surface area (Å²) >= 11 is 0. The number of rotatable bonds is 5. The van der Waals surface area contributed by atoms with Crippen LogP contribution in [0.15, 0.2) is 30.5 Å². The number of hydrogen-bond donors (Lipinski definition) is 1. The molecule has 0 bridgehead atoms. The van der Waals surface area contributed by atoms with Crippen molar-refractivity contribution in [1.82, 2.24) is 14.7 Å². The van der Waals surface area contributed by atoms with E-state index >= 15 is 0 Å². The van der Waals surface area contributed by atoms with Crippen molar-refractivity contribution in [2.24, 2.45) is 7.05 Å². The monoisotopic (exact) mass is 341 g/mol. The summed E-state index contributed by atoms with van der Waals surface area (Å²) in [7, 11) is 3.73. The Morgan fingerprint density at radius 1 is 1.28 bits per heavy atom. The third-order valence-corrected chi connectivity index (χ3v) is 5.61. The molecule has 1 saturated carbocycles. The molecule has 1 saturated heterocycles. The van der Waals surface area contributed by atoms with Gasteiger partial charge in [0.05, 0.1) is 19.4 Å². The van der Waals surface area contributed by atoms with Gasteiger partial charge in [0.25, 0.3) is 0 Å². The molecule has 4 rings (SSSR count). The molecule has 2 atom stereocenters. The van der Waals surface area contributed by atoms with Crippen molar-refractivity contribution in [3.8, 4) is 5.75 Å². The molecule has 1 aliphatic heterocycles. The second-order valence-corrected chi connectivity index (χ2v) is 7.43. The van der Waals surface area contributed by atoms with Crippen molar-refractivity contribution in [3.05, 3.63) is 47.3 Å². The zero-order valence-electron chi connectivity index (χ0n) is 15.1. The molecule has 1 aromatic carbocycles. The maximum Gasteiger partial charge on any atom is 0.119 e. The van der Waals surface area contributed by atoms with E-state index in [1.165, 1.54) is 29.7 Å². The van der Waals surface area contributed by atoms with Gasteiger partial charge in [-0.05, 0) is 43.5 Å². The van der Waals surface area contributed by atoms with Crippen LogP contribution in [0.2, 0.25) is 0 Å². The lowest BCUT2D eigenvalue weighted by Gasteiger charge is -2.36. The molecule has 0 radical (unpaired) electrons. The lowest BCUT2D eigenvalue weighted by molar-refractivity contribution is 0.0475. The number of nitrogens with zero attached hydrogens (tertiary/aromatic N) is 3. The van der Waals surface area contributed by atoms with Crippen LogP contribution in [0.25, 0.3) is 0 Å². The summed E-state index contributed by atoms with van der Waals surface area (Å²) in [4.78, 5) is 2.37. The van der Waals surface area contributed by atoms with Gasteiger partial charge in [0, 0.05) is 43.2 Å². The summed E-state index contributed by atoms with van der Waals surface area (Å²) in [5.41, 5.74) is 3.90. The molecule has 0 amide bonds. The molecule has 5 nitrogen and oxygen atoms in total. The Hall–Kier alpha value is -1.85. The number of aryl methyl sites for hydroxylation is 1. The Morgan fingerprint density at radius 3 is 2.84 bits per heavy atom. The second kappa shape index (κ2) is 6.81. The fourth-order valence-corrected chi connectivity index (χ4v) is 4.14. The van der Waals surface area contributed by atoms with Crippen molar-refractivity contribution in [2.75, 3.05) is 20.2 Å². The van der Waals surface area contributed by atoms with Gasteiger partial charge in [0.15, 0.2) is 0 Å².